The predicted molar refractivity (Wildman–Crippen MR) is 93.4 cm³/mol. The number of sulfonamides is 1. The first-order valence-electron chi connectivity index (χ1n) is 8.77. The highest BCUT2D eigenvalue weighted by Gasteiger charge is 2.33. The molecule has 1 saturated heterocycles. The van der Waals surface area contributed by atoms with Crippen molar-refractivity contribution in [1.82, 2.24) is 4.31 Å². The van der Waals surface area contributed by atoms with Crippen LogP contribution in [0.4, 0.5) is 0 Å². The van der Waals surface area contributed by atoms with Crippen molar-refractivity contribution in [2.45, 2.75) is 56.8 Å². The molecule has 1 aliphatic rings. The molecule has 0 amide bonds. The second kappa shape index (κ2) is 8.62. The third-order valence-electron chi connectivity index (χ3n) is 4.61. The highest BCUT2D eigenvalue weighted by Crippen LogP contribution is 2.24. The van der Waals surface area contributed by atoms with Gasteiger partial charge in [0.05, 0.1) is 10.8 Å². The largest absolute Gasteiger partial charge is 0.481 e. The smallest absolute Gasteiger partial charge is 0.307 e. The summed E-state index contributed by atoms with van der Waals surface area (Å²) in [4.78, 5) is 11.4. The van der Waals surface area contributed by atoms with Crippen LogP contribution in [-0.2, 0) is 21.2 Å². The number of aliphatic carboxylic acids is 1. The van der Waals surface area contributed by atoms with Gasteiger partial charge in [-0.1, -0.05) is 38.3 Å². The van der Waals surface area contributed by atoms with Crippen LogP contribution in [0, 0.1) is 5.92 Å². The van der Waals surface area contributed by atoms with Crippen molar-refractivity contribution >= 4 is 16.0 Å². The maximum absolute atomic E-state index is 12.7. The zero-order valence-corrected chi connectivity index (χ0v) is 15.1. The monoisotopic (exact) mass is 353 g/mol. The van der Waals surface area contributed by atoms with Crippen LogP contribution in [0.25, 0.3) is 0 Å². The summed E-state index contributed by atoms with van der Waals surface area (Å²) >= 11 is 0. The number of carboxylic acids is 1. The molecular formula is C18H27NO4S. The first kappa shape index (κ1) is 18.9. The number of rotatable bonds is 8. The van der Waals surface area contributed by atoms with Crippen LogP contribution in [0.5, 0.6) is 0 Å². The topological polar surface area (TPSA) is 74.7 Å². The van der Waals surface area contributed by atoms with Gasteiger partial charge < -0.3 is 5.11 Å². The lowest BCUT2D eigenvalue weighted by Gasteiger charge is -2.29. The molecule has 6 heteroatoms. The quantitative estimate of drug-likeness (QED) is 0.728. The Balaban J connectivity index is 2.02. The number of hydrogen-bond donors (Lipinski definition) is 1. The van der Waals surface area contributed by atoms with Gasteiger partial charge in [-0.05, 0) is 43.4 Å². The Morgan fingerprint density at radius 2 is 1.92 bits per heavy atom. The van der Waals surface area contributed by atoms with Crippen LogP contribution in [0.2, 0.25) is 0 Å². The van der Waals surface area contributed by atoms with Crippen LogP contribution in [0.15, 0.2) is 29.2 Å². The lowest BCUT2D eigenvalue weighted by Crippen LogP contribution is -2.42. The fourth-order valence-corrected chi connectivity index (χ4v) is 4.62. The molecule has 5 nitrogen and oxygen atoms in total. The van der Waals surface area contributed by atoms with E-state index in [1.165, 1.54) is 23.6 Å². The lowest BCUT2D eigenvalue weighted by molar-refractivity contribution is -0.142. The number of carboxylic acid groups (broad SMARTS) is 1. The van der Waals surface area contributed by atoms with Crippen molar-refractivity contribution in [2.75, 3.05) is 13.1 Å². The molecule has 0 bridgehead atoms. The average Bonchev–Trinajstić information content (AvgIpc) is 2.59. The minimum absolute atomic E-state index is 0.0659. The second-order valence-corrected chi connectivity index (χ2v) is 8.43. The number of benzene rings is 1. The highest BCUT2D eigenvalue weighted by molar-refractivity contribution is 7.89. The van der Waals surface area contributed by atoms with Gasteiger partial charge in [0.25, 0.3) is 0 Å². The third-order valence-corrected chi connectivity index (χ3v) is 6.49. The van der Waals surface area contributed by atoms with Crippen LogP contribution in [-0.4, -0.2) is 36.9 Å². The van der Waals surface area contributed by atoms with Crippen LogP contribution in [0.3, 0.4) is 0 Å². The Morgan fingerprint density at radius 3 is 2.54 bits per heavy atom. The fourth-order valence-electron chi connectivity index (χ4n) is 3.10. The van der Waals surface area contributed by atoms with Gasteiger partial charge in [0.15, 0.2) is 0 Å². The molecule has 1 unspecified atom stereocenters. The first-order valence-corrected chi connectivity index (χ1v) is 10.2. The van der Waals surface area contributed by atoms with E-state index in [4.69, 9.17) is 5.11 Å². The second-order valence-electron chi connectivity index (χ2n) is 6.50. The normalized spacial score (nSPS) is 19.3. The maximum atomic E-state index is 12.7. The van der Waals surface area contributed by atoms with Crippen molar-refractivity contribution in [3.8, 4) is 0 Å². The number of nitrogens with zero attached hydrogens (tertiary/aromatic N) is 1. The van der Waals surface area contributed by atoms with Gasteiger partial charge in [-0.25, -0.2) is 8.42 Å². The van der Waals surface area contributed by atoms with E-state index in [2.05, 4.69) is 6.92 Å². The standard InChI is InChI=1S/C18H27NO4S/c1-2-3-4-5-7-15-9-11-17(12-10-15)24(22,23)19-13-6-8-16(14-19)18(20)21/h9-12,16H,2-8,13-14H2,1H3,(H,20,21). The molecule has 0 spiro atoms. The van der Waals surface area contributed by atoms with E-state index in [0.29, 0.717) is 19.4 Å². The van der Waals surface area contributed by atoms with E-state index < -0.39 is 21.9 Å². The number of piperidine rings is 1. The van der Waals surface area contributed by atoms with Crippen molar-refractivity contribution < 1.29 is 18.3 Å². The summed E-state index contributed by atoms with van der Waals surface area (Å²) in [5.74, 6) is -1.52. The van der Waals surface area contributed by atoms with E-state index in [9.17, 15) is 13.2 Å². The van der Waals surface area contributed by atoms with E-state index in [-0.39, 0.29) is 11.4 Å². The van der Waals surface area contributed by atoms with Gasteiger partial charge >= 0.3 is 5.97 Å². The molecule has 1 heterocycles. The molecular weight excluding hydrogens is 326 g/mol. The van der Waals surface area contributed by atoms with Gasteiger partial charge in [-0.15, -0.1) is 0 Å². The summed E-state index contributed by atoms with van der Waals surface area (Å²) in [6.45, 7) is 2.64. The minimum atomic E-state index is -3.60. The number of aryl methyl sites for hydroxylation is 1. The Hall–Kier alpha value is -1.40. The third kappa shape index (κ3) is 4.80. The fraction of sp³-hybridized carbons (Fsp3) is 0.611. The average molecular weight is 353 g/mol. The molecule has 0 aromatic heterocycles. The summed E-state index contributed by atoms with van der Waals surface area (Å²) < 4.78 is 26.7. The van der Waals surface area contributed by atoms with Gasteiger partial charge in [-0.2, -0.15) is 4.31 Å². The molecule has 0 saturated carbocycles. The molecule has 0 aliphatic carbocycles. The van der Waals surface area contributed by atoms with Gasteiger partial charge in [-0.3, -0.25) is 4.79 Å². The number of hydrogen-bond acceptors (Lipinski definition) is 3. The maximum Gasteiger partial charge on any atom is 0.307 e. The zero-order chi connectivity index (χ0) is 17.6. The molecule has 1 N–H and O–H groups in total. The summed E-state index contributed by atoms with van der Waals surface area (Å²) in [7, 11) is -3.60. The predicted octanol–water partition coefficient (Wildman–Crippen LogP) is 3.29. The summed E-state index contributed by atoms with van der Waals surface area (Å²) in [5, 5.41) is 9.13. The van der Waals surface area contributed by atoms with E-state index in [1.807, 2.05) is 12.1 Å². The van der Waals surface area contributed by atoms with E-state index in [0.717, 1.165) is 18.4 Å². The van der Waals surface area contributed by atoms with Crippen molar-refractivity contribution in [3.63, 3.8) is 0 Å². The van der Waals surface area contributed by atoms with Crippen molar-refractivity contribution in [2.24, 2.45) is 5.92 Å². The highest BCUT2D eigenvalue weighted by atomic mass is 32.2. The summed E-state index contributed by atoms with van der Waals surface area (Å²) in [6.07, 6.45) is 6.83. The number of carbonyl (C=O) groups is 1. The van der Waals surface area contributed by atoms with Gasteiger partial charge in [0.1, 0.15) is 0 Å². The molecule has 2 rings (SSSR count). The first-order chi connectivity index (χ1) is 11.4. The Bertz CT molecular complexity index is 639. The molecule has 0 radical (unpaired) electrons. The van der Waals surface area contributed by atoms with Crippen molar-refractivity contribution in [3.05, 3.63) is 29.8 Å². The zero-order valence-electron chi connectivity index (χ0n) is 14.3. The molecule has 1 fully saturated rings. The Kier molecular flexibility index (Phi) is 6.80. The minimum Gasteiger partial charge on any atom is -0.481 e. The van der Waals surface area contributed by atoms with E-state index in [1.54, 1.807) is 12.1 Å². The number of unbranched alkanes of at least 4 members (excludes halogenated alkanes) is 3. The van der Waals surface area contributed by atoms with Gasteiger partial charge in [0.2, 0.25) is 10.0 Å². The van der Waals surface area contributed by atoms with E-state index >= 15 is 0 Å². The molecule has 24 heavy (non-hydrogen) atoms. The Morgan fingerprint density at radius 1 is 1.21 bits per heavy atom. The van der Waals surface area contributed by atoms with Crippen molar-refractivity contribution in [1.29, 1.82) is 0 Å². The summed E-state index contributed by atoms with van der Waals surface area (Å²) in [6, 6.07) is 7.04. The Labute approximate surface area is 144 Å². The molecule has 1 atom stereocenters. The van der Waals surface area contributed by atoms with Crippen LogP contribution < -0.4 is 0 Å². The molecule has 134 valence electrons. The van der Waals surface area contributed by atoms with Gasteiger partial charge in [0, 0.05) is 13.1 Å². The molecule has 1 aromatic carbocycles. The summed E-state index contributed by atoms with van der Waals surface area (Å²) in [5.41, 5.74) is 1.15. The molecule has 1 aliphatic heterocycles. The SMILES string of the molecule is CCCCCCc1ccc(S(=O)(=O)N2CCCC(C(=O)O)C2)cc1. The van der Waals surface area contributed by atoms with Crippen LogP contribution >= 0.6 is 0 Å². The lowest BCUT2D eigenvalue weighted by atomic mass is 10.0. The van der Waals surface area contributed by atoms with Crippen LogP contribution in [0.1, 0.15) is 51.0 Å². The molecule has 1 aromatic rings.